The van der Waals surface area contributed by atoms with E-state index in [-0.39, 0.29) is 11.8 Å². The second-order valence-electron chi connectivity index (χ2n) is 7.84. The Bertz CT molecular complexity index is 745. The van der Waals surface area contributed by atoms with Crippen molar-refractivity contribution in [2.45, 2.75) is 44.9 Å². The predicted molar refractivity (Wildman–Crippen MR) is 104 cm³/mol. The largest absolute Gasteiger partial charge is 0.330 e. The first-order chi connectivity index (χ1) is 12.7. The Kier molecular flexibility index (Phi) is 5.07. The van der Waals surface area contributed by atoms with Crippen molar-refractivity contribution in [2.24, 2.45) is 23.5 Å². The first kappa shape index (κ1) is 17.3. The van der Waals surface area contributed by atoms with Gasteiger partial charge in [0.1, 0.15) is 0 Å². The molecule has 26 heavy (non-hydrogen) atoms. The molecule has 4 rings (SSSR count). The van der Waals surface area contributed by atoms with Crippen LogP contribution in [0.4, 0.5) is 5.69 Å². The molecular weight excluding hydrogens is 324 g/mol. The molecular formula is C21H28N4O. The van der Waals surface area contributed by atoms with Crippen molar-refractivity contribution in [3.63, 3.8) is 0 Å². The van der Waals surface area contributed by atoms with Crippen molar-refractivity contribution in [1.82, 2.24) is 10.2 Å². The normalized spacial score (nSPS) is 22.0. The number of nitrogens with one attached hydrogen (secondary N) is 2. The minimum absolute atomic E-state index is 0.174. The highest BCUT2D eigenvalue weighted by molar-refractivity contribution is 5.93. The average molecular weight is 352 g/mol. The lowest BCUT2D eigenvalue weighted by Crippen LogP contribution is -2.35. The van der Waals surface area contributed by atoms with Crippen LogP contribution in [0, 0.1) is 17.8 Å². The Morgan fingerprint density at radius 1 is 1.19 bits per heavy atom. The Hall–Kier alpha value is -2.14. The van der Waals surface area contributed by atoms with E-state index in [1.165, 1.54) is 18.4 Å². The monoisotopic (exact) mass is 352 g/mol. The molecule has 0 atom stereocenters. The maximum atomic E-state index is 12.5. The molecule has 0 saturated heterocycles. The molecule has 138 valence electrons. The summed E-state index contributed by atoms with van der Waals surface area (Å²) in [5.74, 6) is 2.09. The van der Waals surface area contributed by atoms with Crippen LogP contribution in [0.2, 0.25) is 0 Å². The number of carbonyl (C=O) groups is 1. The van der Waals surface area contributed by atoms with Gasteiger partial charge in [-0.05, 0) is 87.1 Å². The van der Waals surface area contributed by atoms with Gasteiger partial charge in [-0.15, -0.1) is 0 Å². The van der Waals surface area contributed by atoms with Gasteiger partial charge < -0.3 is 11.1 Å². The Balaban J connectivity index is 1.44. The zero-order chi connectivity index (χ0) is 17.9. The highest BCUT2D eigenvalue weighted by Gasteiger charge is 2.42. The van der Waals surface area contributed by atoms with Crippen molar-refractivity contribution < 1.29 is 4.79 Å². The van der Waals surface area contributed by atoms with E-state index >= 15 is 0 Å². The van der Waals surface area contributed by atoms with Gasteiger partial charge in [0.15, 0.2) is 0 Å². The quantitative estimate of drug-likeness (QED) is 0.633. The fourth-order valence-electron chi connectivity index (χ4n) is 4.06. The highest BCUT2D eigenvalue weighted by atomic mass is 16.1. The van der Waals surface area contributed by atoms with Crippen LogP contribution in [0.1, 0.15) is 44.1 Å². The van der Waals surface area contributed by atoms with Gasteiger partial charge in [-0.3, -0.25) is 9.89 Å². The maximum absolute atomic E-state index is 12.5. The van der Waals surface area contributed by atoms with Crippen molar-refractivity contribution >= 4 is 11.6 Å². The Morgan fingerprint density at radius 3 is 2.73 bits per heavy atom. The van der Waals surface area contributed by atoms with Gasteiger partial charge in [-0.1, -0.05) is 6.07 Å². The zero-order valence-electron chi connectivity index (χ0n) is 15.2. The van der Waals surface area contributed by atoms with Gasteiger partial charge >= 0.3 is 0 Å². The SMILES string of the molecule is NCCCCc1ccc(NC(=O)C2CC(C3CC3)C2)cc1-c1ccn[nH]1. The van der Waals surface area contributed by atoms with Crippen molar-refractivity contribution in [1.29, 1.82) is 0 Å². The number of nitrogens with two attached hydrogens (primary N) is 1. The number of unbranched alkanes of at least 4 members (excludes halogenated alkanes) is 1. The molecule has 1 heterocycles. The number of anilines is 1. The fourth-order valence-corrected chi connectivity index (χ4v) is 4.06. The number of nitrogens with zero attached hydrogens (tertiary/aromatic N) is 1. The van der Waals surface area contributed by atoms with Crippen molar-refractivity contribution in [3.8, 4) is 11.3 Å². The predicted octanol–water partition coefficient (Wildman–Crippen LogP) is 3.73. The summed E-state index contributed by atoms with van der Waals surface area (Å²) in [5.41, 5.74) is 9.85. The van der Waals surface area contributed by atoms with E-state index in [4.69, 9.17) is 5.73 Å². The molecule has 2 aliphatic rings. The first-order valence-electron chi connectivity index (χ1n) is 9.88. The number of amides is 1. The van der Waals surface area contributed by atoms with Crippen LogP contribution in [0.25, 0.3) is 11.3 Å². The Labute approximate surface area is 154 Å². The van der Waals surface area contributed by atoms with E-state index in [9.17, 15) is 4.79 Å². The van der Waals surface area contributed by atoms with Gasteiger partial charge in [0.2, 0.25) is 5.91 Å². The number of carbonyl (C=O) groups excluding carboxylic acids is 1. The molecule has 0 spiro atoms. The van der Waals surface area contributed by atoms with E-state index in [2.05, 4.69) is 27.6 Å². The topological polar surface area (TPSA) is 83.8 Å². The summed E-state index contributed by atoms with van der Waals surface area (Å²) in [7, 11) is 0. The van der Waals surface area contributed by atoms with Crippen molar-refractivity contribution in [3.05, 3.63) is 36.0 Å². The maximum Gasteiger partial charge on any atom is 0.227 e. The molecule has 0 radical (unpaired) electrons. The molecule has 2 fully saturated rings. The third kappa shape index (κ3) is 3.83. The van der Waals surface area contributed by atoms with Gasteiger partial charge in [-0.25, -0.2) is 0 Å². The number of hydrogen-bond donors (Lipinski definition) is 3. The second kappa shape index (κ2) is 7.62. The summed E-state index contributed by atoms with van der Waals surface area (Å²) >= 11 is 0. The molecule has 0 unspecified atom stereocenters. The summed E-state index contributed by atoms with van der Waals surface area (Å²) < 4.78 is 0. The third-order valence-electron chi connectivity index (χ3n) is 5.90. The molecule has 1 aromatic carbocycles. The number of H-pyrrole nitrogens is 1. The second-order valence-corrected chi connectivity index (χ2v) is 7.84. The average Bonchev–Trinajstić information content (AvgIpc) is 3.27. The highest BCUT2D eigenvalue weighted by Crippen LogP contribution is 2.49. The van der Waals surface area contributed by atoms with Gasteiger partial charge in [-0.2, -0.15) is 5.10 Å². The molecule has 1 amide bonds. The van der Waals surface area contributed by atoms with Crippen LogP contribution >= 0.6 is 0 Å². The number of rotatable bonds is 8. The molecule has 5 heteroatoms. The summed E-state index contributed by atoms with van der Waals surface area (Å²) in [5, 5.41) is 10.3. The van der Waals surface area contributed by atoms with Crippen LogP contribution in [-0.2, 0) is 11.2 Å². The molecule has 0 aliphatic heterocycles. The number of aromatic nitrogens is 2. The third-order valence-corrected chi connectivity index (χ3v) is 5.90. The zero-order valence-corrected chi connectivity index (χ0v) is 15.2. The van der Waals surface area contributed by atoms with Crippen LogP contribution < -0.4 is 11.1 Å². The van der Waals surface area contributed by atoms with Crippen LogP contribution in [0.5, 0.6) is 0 Å². The van der Waals surface area contributed by atoms with Gasteiger partial charge in [0.25, 0.3) is 0 Å². The number of aryl methyl sites for hydroxylation is 1. The van der Waals surface area contributed by atoms with E-state index < -0.39 is 0 Å². The Morgan fingerprint density at radius 2 is 2.04 bits per heavy atom. The van der Waals surface area contributed by atoms with Crippen LogP contribution in [0.15, 0.2) is 30.5 Å². The lowest BCUT2D eigenvalue weighted by atomic mass is 9.72. The molecule has 2 aliphatic carbocycles. The van der Waals surface area contributed by atoms with Gasteiger partial charge in [0, 0.05) is 23.4 Å². The van der Waals surface area contributed by atoms with E-state index in [1.807, 2.05) is 12.1 Å². The molecule has 2 saturated carbocycles. The van der Waals surface area contributed by atoms with E-state index in [1.54, 1.807) is 6.20 Å². The lowest BCUT2D eigenvalue weighted by molar-refractivity contribution is -0.124. The molecule has 2 aromatic rings. The smallest absolute Gasteiger partial charge is 0.227 e. The first-order valence-corrected chi connectivity index (χ1v) is 9.88. The van der Waals surface area contributed by atoms with E-state index in [0.717, 1.165) is 67.4 Å². The van der Waals surface area contributed by atoms with Crippen molar-refractivity contribution in [2.75, 3.05) is 11.9 Å². The standard InChI is InChI=1S/C21H28N4O/c22-9-2-1-3-15-6-7-18(13-19(15)20-8-10-23-25-20)24-21(26)17-11-16(12-17)14-4-5-14/h6-8,10,13-14,16-17H,1-5,9,11-12,22H2,(H,23,25)(H,24,26). The molecule has 4 N–H and O–H groups in total. The summed E-state index contributed by atoms with van der Waals surface area (Å²) in [6.07, 6.45) is 9.71. The molecule has 0 bridgehead atoms. The van der Waals surface area contributed by atoms with E-state index in [0.29, 0.717) is 0 Å². The number of aromatic amines is 1. The summed E-state index contributed by atoms with van der Waals surface area (Å²) in [6, 6.07) is 8.18. The molecule has 5 nitrogen and oxygen atoms in total. The fraction of sp³-hybridized carbons (Fsp3) is 0.524. The number of hydrogen-bond acceptors (Lipinski definition) is 3. The molecule has 1 aromatic heterocycles. The van der Waals surface area contributed by atoms with Gasteiger partial charge in [0.05, 0.1) is 5.69 Å². The minimum Gasteiger partial charge on any atom is -0.330 e. The lowest BCUT2D eigenvalue weighted by Gasteiger charge is -2.34. The minimum atomic E-state index is 0.174. The number of benzene rings is 1. The van der Waals surface area contributed by atoms with Crippen LogP contribution in [0.3, 0.4) is 0 Å². The summed E-state index contributed by atoms with van der Waals surface area (Å²) in [4.78, 5) is 12.5. The van der Waals surface area contributed by atoms with Crippen LogP contribution in [-0.4, -0.2) is 22.6 Å². The summed E-state index contributed by atoms with van der Waals surface area (Å²) in [6.45, 7) is 0.719.